The smallest absolute Gasteiger partial charge is 0.258 e. The number of nitrogens with one attached hydrogen (secondary N) is 1. The lowest BCUT2D eigenvalue weighted by molar-refractivity contribution is -0.123. The van der Waals surface area contributed by atoms with Crippen molar-refractivity contribution in [2.24, 2.45) is 0 Å². The molecule has 1 aliphatic rings. The summed E-state index contributed by atoms with van der Waals surface area (Å²) in [6.45, 7) is 7.85. The lowest BCUT2D eigenvalue weighted by Crippen LogP contribution is -2.35. The Balaban J connectivity index is 1.82. The Hall–Kier alpha value is -1.07. The Kier molecular flexibility index (Phi) is 5.87. The van der Waals surface area contributed by atoms with Gasteiger partial charge in [-0.1, -0.05) is 26.8 Å². The van der Waals surface area contributed by atoms with Crippen molar-refractivity contribution >= 4 is 21.8 Å². The molecule has 0 saturated carbocycles. The van der Waals surface area contributed by atoms with Gasteiger partial charge in [0.2, 0.25) is 0 Å². The van der Waals surface area contributed by atoms with Gasteiger partial charge in [0.1, 0.15) is 5.75 Å². The second kappa shape index (κ2) is 7.47. The predicted octanol–water partition coefficient (Wildman–Crippen LogP) is 3.42. The van der Waals surface area contributed by atoms with E-state index in [0.29, 0.717) is 12.3 Å². The molecule has 5 heteroatoms. The number of halogens is 1. The van der Waals surface area contributed by atoms with E-state index in [1.807, 2.05) is 18.2 Å². The van der Waals surface area contributed by atoms with E-state index in [2.05, 4.69) is 42.0 Å². The van der Waals surface area contributed by atoms with E-state index >= 15 is 0 Å². The van der Waals surface area contributed by atoms with Crippen LogP contribution in [0.4, 0.5) is 0 Å². The number of ether oxygens (including phenoxy) is 2. The Morgan fingerprint density at radius 3 is 2.82 bits per heavy atom. The quantitative estimate of drug-likeness (QED) is 0.864. The highest BCUT2D eigenvalue weighted by Gasteiger charge is 2.17. The topological polar surface area (TPSA) is 47.6 Å². The average molecular weight is 370 g/mol. The molecule has 1 N–H and O–H groups in total. The maximum absolute atomic E-state index is 11.8. The zero-order chi connectivity index (χ0) is 16.2. The minimum atomic E-state index is -0.123. The number of carbonyl (C=O) groups is 1. The van der Waals surface area contributed by atoms with Crippen LogP contribution in [0.1, 0.15) is 39.2 Å². The molecule has 0 aliphatic carbocycles. The van der Waals surface area contributed by atoms with Crippen LogP contribution in [-0.4, -0.2) is 31.8 Å². The van der Waals surface area contributed by atoms with Crippen molar-refractivity contribution in [3.05, 3.63) is 28.2 Å². The number of amides is 1. The molecule has 0 unspecified atom stereocenters. The first kappa shape index (κ1) is 17.3. The van der Waals surface area contributed by atoms with E-state index in [1.165, 1.54) is 5.56 Å². The fraction of sp³-hybridized carbons (Fsp3) is 0.588. The van der Waals surface area contributed by atoms with E-state index in [1.54, 1.807) is 0 Å². The van der Waals surface area contributed by atoms with Gasteiger partial charge in [0, 0.05) is 13.2 Å². The SMILES string of the molecule is CC(C)(C)c1ccc(OCC(=O)NC[C@H]2CCCO2)c(Br)c1. The fourth-order valence-electron chi connectivity index (χ4n) is 2.31. The largest absolute Gasteiger partial charge is 0.483 e. The number of hydrogen-bond acceptors (Lipinski definition) is 3. The van der Waals surface area contributed by atoms with Gasteiger partial charge in [-0.05, 0) is 51.9 Å². The molecular formula is C17H24BrNO3. The van der Waals surface area contributed by atoms with Crippen molar-refractivity contribution in [2.45, 2.75) is 45.1 Å². The number of rotatable bonds is 5. The van der Waals surface area contributed by atoms with Crippen LogP contribution in [0.25, 0.3) is 0 Å². The third-order valence-corrected chi connectivity index (χ3v) is 4.33. The van der Waals surface area contributed by atoms with Gasteiger partial charge in [-0.2, -0.15) is 0 Å². The van der Waals surface area contributed by atoms with Crippen LogP contribution < -0.4 is 10.1 Å². The molecule has 0 radical (unpaired) electrons. The normalized spacial score (nSPS) is 18.3. The first-order valence-electron chi connectivity index (χ1n) is 7.67. The average Bonchev–Trinajstić information content (AvgIpc) is 2.96. The minimum Gasteiger partial charge on any atom is -0.483 e. The Morgan fingerprint density at radius 1 is 1.45 bits per heavy atom. The molecule has 1 atom stereocenters. The van der Waals surface area contributed by atoms with Crippen LogP contribution in [0.5, 0.6) is 5.75 Å². The molecule has 1 aromatic rings. The molecule has 22 heavy (non-hydrogen) atoms. The van der Waals surface area contributed by atoms with E-state index < -0.39 is 0 Å². The molecule has 1 aliphatic heterocycles. The molecule has 122 valence electrons. The van der Waals surface area contributed by atoms with Gasteiger partial charge in [-0.15, -0.1) is 0 Å². The zero-order valence-electron chi connectivity index (χ0n) is 13.4. The monoisotopic (exact) mass is 369 g/mol. The summed E-state index contributed by atoms with van der Waals surface area (Å²) in [5.41, 5.74) is 1.30. The van der Waals surface area contributed by atoms with Crippen LogP contribution in [-0.2, 0) is 14.9 Å². The van der Waals surface area contributed by atoms with Crippen molar-refractivity contribution < 1.29 is 14.3 Å². The maximum Gasteiger partial charge on any atom is 0.258 e. The summed E-state index contributed by atoms with van der Waals surface area (Å²) in [5, 5.41) is 2.85. The van der Waals surface area contributed by atoms with Gasteiger partial charge in [-0.25, -0.2) is 0 Å². The molecule has 1 amide bonds. The van der Waals surface area contributed by atoms with Crippen molar-refractivity contribution in [3.63, 3.8) is 0 Å². The molecule has 1 aromatic carbocycles. The van der Waals surface area contributed by atoms with E-state index in [9.17, 15) is 4.79 Å². The summed E-state index contributed by atoms with van der Waals surface area (Å²) < 4.78 is 11.9. The number of hydrogen-bond donors (Lipinski definition) is 1. The Morgan fingerprint density at radius 2 is 2.23 bits per heavy atom. The van der Waals surface area contributed by atoms with Gasteiger partial charge in [0.25, 0.3) is 5.91 Å². The number of carbonyl (C=O) groups excluding carboxylic acids is 1. The summed E-state index contributed by atoms with van der Waals surface area (Å²) in [6, 6.07) is 5.97. The highest BCUT2D eigenvalue weighted by atomic mass is 79.9. The van der Waals surface area contributed by atoms with Crippen LogP contribution in [0.15, 0.2) is 22.7 Å². The summed E-state index contributed by atoms with van der Waals surface area (Å²) in [4.78, 5) is 11.8. The van der Waals surface area contributed by atoms with Crippen LogP contribution >= 0.6 is 15.9 Å². The summed E-state index contributed by atoms with van der Waals surface area (Å²) in [7, 11) is 0. The first-order valence-corrected chi connectivity index (χ1v) is 8.46. The van der Waals surface area contributed by atoms with Crippen LogP contribution in [0.3, 0.4) is 0 Å². The van der Waals surface area contributed by atoms with Gasteiger partial charge in [-0.3, -0.25) is 4.79 Å². The predicted molar refractivity (Wildman–Crippen MR) is 90.3 cm³/mol. The van der Waals surface area contributed by atoms with Crippen LogP contribution in [0.2, 0.25) is 0 Å². The van der Waals surface area contributed by atoms with Crippen molar-refractivity contribution in [3.8, 4) is 5.75 Å². The van der Waals surface area contributed by atoms with Gasteiger partial charge in [0.05, 0.1) is 10.6 Å². The third kappa shape index (κ3) is 4.99. The highest BCUT2D eigenvalue weighted by molar-refractivity contribution is 9.10. The van der Waals surface area contributed by atoms with Crippen molar-refractivity contribution in [2.75, 3.05) is 19.8 Å². The molecule has 4 nitrogen and oxygen atoms in total. The minimum absolute atomic E-state index is 0.0141. The second-order valence-electron chi connectivity index (χ2n) is 6.62. The molecule has 0 aromatic heterocycles. The van der Waals surface area contributed by atoms with E-state index in [0.717, 1.165) is 23.9 Å². The summed E-state index contributed by atoms with van der Waals surface area (Å²) in [6.07, 6.45) is 2.24. The lowest BCUT2D eigenvalue weighted by Gasteiger charge is -2.20. The first-order chi connectivity index (χ1) is 10.4. The lowest BCUT2D eigenvalue weighted by atomic mass is 9.87. The molecule has 0 bridgehead atoms. The Labute approximate surface area is 140 Å². The van der Waals surface area contributed by atoms with Gasteiger partial charge >= 0.3 is 0 Å². The third-order valence-electron chi connectivity index (χ3n) is 3.71. The zero-order valence-corrected chi connectivity index (χ0v) is 15.0. The van der Waals surface area contributed by atoms with E-state index in [-0.39, 0.29) is 24.0 Å². The molecule has 1 fully saturated rings. The molecule has 0 spiro atoms. The summed E-state index contributed by atoms with van der Waals surface area (Å²) in [5.74, 6) is 0.558. The molecule has 1 saturated heterocycles. The molecular weight excluding hydrogens is 346 g/mol. The van der Waals surface area contributed by atoms with Crippen LogP contribution in [0, 0.1) is 0 Å². The Bertz CT molecular complexity index is 519. The van der Waals surface area contributed by atoms with Gasteiger partial charge < -0.3 is 14.8 Å². The van der Waals surface area contributed by atoms with E-state index in [4.69, 9.17) is 9.47 Å². The summed E-state index contributed by atoms with van der Waals surface area (Å²) >= 11 is 3.51. The standard InChI is InChI=1S/C17H24BrNO3/c1-17(2,3)12-6-7-15(14(18)9-12)22-11-16(20)19-10-13-5-4-8-21-13/h6-7,9,13H,4-5,8,10-11H2,1-3H3,(H,19,20)/t13-/m1/s1. The maximum atomic E-state index is 11.8. The fourth-order valence-corrected chi connectivity index (χ4v) is 2.80. The van der Waals surface area contributed by atoms with Crippen molar-refractivity contribution in [1.29, 1.82) is 0 Å². The van der Waals surface area contributed by atoms with Gasteiger partial charge in [0.15, 0.2) is 6.61 Å². The molecule has 2 rings (SSSR count). The second-order valence-corrected chi connectivity index (χ2v) is 7.48. The number of benzene rings is 1. The van der Waals surface area contributed by atoms with Crippen molar-refractivity contribution in [1.82, 2.24) is 5.32 Å². The highest BCUT2D eigenvalue weighted by Crippen LogP contribution is 2.31. The molecule has 1 heterocycles.